The number of rotatable bonds is 10. The molecule has 0 spiro atoms. The third-order valence-electron chi connectivity index (χ3n) is 3.46. The second-order valence-corrected chi connectivity index (χ2v) is 7.94. The SMILES string of the molecule is CCCCC(=O)N(Cc1nc(C(=O)NCC(C)C)cs1)CC(C)C. The second kappa shape index (κ2) is 10.4. The molecule has 0 bridgehead atoms. The van der Waals surface area contributed by atoms with E-state index in [4.69, 9.17) is 0 Å². The Morgan fingerprint density at radius 1 is 1.25 bits per heavy atom. The fraction of sp³-hybridized carbons (Fsp3) is 0.722. The molecule has 0 unspecified atom stereocenters. The van der Waals surface area contributed by atoms with Crippen molar-refractivity contribution < 1.29 is 9.59 Å². The lowest BCUT2D eigenvalue weighted by Crippen LogP contribution is -2.33. The highest BCUT2D eigenvalue weighted by atomic mass is 32.1. The Bertz CT molecular complexity index is 526. The van der Waals surface area contributed by atoms with Crippen LogP contribution in [0, 0.1) is 11.8 Å². The van der Waals surface area contributed by atoms with Crippen molar-refractivity contribution in [1.82, 2.24) is 15.2 Å². The van der Waals surface area contributed by atoms with Crippen molar-refractivity contribution in [2.75, 3.05) is 13.1 Å². The minimum Gasteiger partial charge on any atom is -0.350 e. The number of carbonyl (C=O) groups excluding carboxylic acids is 2. The highest BCUT2D eigenvalue weighted by Gasteiger charge is 2.18. The highest BCUT2D eigenvalue weighted by molar-refractivity contribution is 7.09. The molecule has 0 aromatic carbocycles. The van der Waals surface area contributed by atoms with Crippen molar-refractivity contribution >= 4 is 23.2 Å². The Labute approximate surface area is 149 Å². The maximum Gasteiger partial charge on any atom is 0.270 e. The van der Waals surface area contributed by atoms with Crippen LogP contribution in [0.1, 0.15) is 69.4 Å². The molecule has 1 aromatic heterocycles. The number of carbonyl (C=O) groups is 2. The quantitative estimate of drug-likeness (QED) is 0.697. The molecule has 1 rings (SSSR count). The second-order valence-electron chi connectivity index (χ2n) is 7.00. The molecule has 0 aliphatic rings. The van der Waals surface area contributed by atoms with Crippen LogP contribution in [-0.2, 0) is 11.3 Å². The van der Waals surface area contributed by atoms with Gasteiger partial charge in [0, 0.05) is 24.9 Å². The maximum absolute atomic E-state index is 12.4. The summed E-state index contributed by atoms with van der Waals surface area (Å²) in [5.74, 6) is 0.847. The molecule has 0 saturated carbocycles. The summed E-state index contributed by atoms with van der Waals surface area (Å²) in [5.41, 5.74) is 0.446. The van der Waals surface area contributed by atoms with Crippen LogP contribution in [0.4, 0.5) is 0 Å². The van der Waals surface area contributed by atoms with E-state index in [0.29, 0.717) is 37.0 Å². The van der Waals surface area contributed by atoms with Crippen LogP contribution >= 0.6 is 11.3 Å². The number of hydrogen-bond acceptors (Lipinski definition) is 4. The normalized spacial score (nSPS) is 11.1. The minimum absolute atomic E-state index is 0.140. The van der Waals surface area contributed by atoms with Gasteiger partial charge < -0.3 is 10.2 Å². The first kappa shape index (κ1) is 20.6. The molecular weight excluding hydrogens is 322 g/mol. The van der Waals surface area contributed by atoms with E-state index in [9.17, 15) is 9.59 Å². The summed E-state index contributed by atoms with van der Waals surface area (Å²) in [6, 6.07) is 0. The van der Waals surface area contributed by atoms with Crippen molar-refractivity contribution in [3.63, 3.8) is 0 Å². The van der Waals surface area contributed by atoms with Gasteiger partial charge in [0.2, 0.25) is 5.91 Å². The number of nitrogens with one attached hydrogen (secondary N) is 1. The van der Waals surface area contributed by atoms with Crippen LogP contribution in [0.5, 0.6) is 0 Å². The van der Waals surface area contributed by atoms with Gasteiger partial charge in [-0.1, -0.05) is 41.0 Å². The van der Waals surface area contributed by atoms with Gasteiger partial charge in [0.25, 0.3) is 5.91 Å². The van der Waals surface area contributed by atoms with Gasteiger partial charge >= 0.3 is 0 Å². The molecule has 0 atom stereocenters. The Morgan fingerprint density at radius 3 is 2.54 bits per heavy atom. The maximum atomic E-state index is 12.4. The largest absolute Gasteiger partial charge is 0.350 e. The average molecular weight is 354 g/mol. The van der Waals surface area contributed by atoms with Crippen LogP contribution in [0.25, 0.3) is 0 Å². The number of hydrogen-bond donors (Lipinski definition) is 1. The Balaban J connectivity index is 2.69. The molecule has 0 fully saturated rings. The first-order valence-corrected chi connectivity index (χ1v) is 9.71. The predicted octanol–water partition coefficient (Wildman–Crippen LogP) is 3.70. The summed E-state index contributed by atoms with van der Waals surface area (Å²) in [6.45, 7) is 12.2. The lowest BCUT2D eigenvalue weighted by Gasteiger charge is -2.23. The molecular formula is C18H31N3O2S. The average Bonchev–Trinajstić information content (AvgIpc) is 2.97. The molecule has 24 heavy (non-hydrogen) atoms. The molecule has 0 aliphatic heterocycles. The summed E-state index contributed by atoms with van der Waals surface area (Å²) in [6.07, 6.45) is 2.50. The van der Waals surface area contributed by atoms with Crippen LogP contribution in [0.2, 0.25) is 0 Å². The third-order valence-corrected chi connectivity index (χ3v) is 4.30. The van der Waals surface area contributed by atoms with E-state index >= 15 is 0 Å². The van der Waals surface area contributed by atoms with E-state index in [1.54, 1.807) is 5.38 Å². The van der Waals surface area contributed by atoms with E-state index in [2.05, 4.69) is 44.9 Å². The molecule has 1 heterocycles. The number of aromatic nitrogens is 1. The van der Waals surface area contributed by atoms with Gasteiger partial charge in [-0.05, 0) is 18.3 Å². The van der Waals surface area contributed by atoms with E-state index in [1.807, 2.05) is 4.90 Å². The summed E-state index contributed by atoms with van der Waals surface area (Å²) < 4.78 is 0. The summed E-state index contributed by atoms with van der Waals surface area (Å²) in [4.78, 5) is 30.7. The predicted molar refractivity (Wildman–Crippen MR) is 99.1 cm³/mol. The van der Waals surface area contributed by atoms with E-state index in [1.165, 1.54) is 11.3 Å². The van der Waals surface area contributed by atoms with Gasteiger partial charge in [0.1, 0.15) is 10.7 Å². The zero-order valence-corrected chi connectivity index (χ0v) is 16.4. The zero-order chi connectivity index (χ0) is 18.1. The van der Waals surface area contributed by atoms with E-state index in [-0.39, 0.29) is 11.8 Å². The molecule has 5 nitrogen and oxygen atoms in total. The smallest absolute Gasteiger partial charge is 0.270 e. The molecule has 0 radical (unpaired) electrons. The van der Waals surface area contributed by atoms with Crippen LogP contribution in [0.3, 0.4) is 0 Å². The summed E-state index contributed by atoms with van der Waals surface area (Å²) in [5, 5.41) is 5.46. The Morgan fingerprint density at radius 2 is 1.96 bits per heavy atom. The topological polar surface area (TPSA) is 62.3 Å². The number of unbranched alkanes of at least 4 members (excludes halogenated alkanes) is 1. The van der Waals surface area contributed by atoms with Crippen LogP contribution < -0.4 is 5.32 Å². The molecule has 136 valence electrons. The number of amides is 2. The lowest BCUT2D eigenvalue weighted by molar-refractivity contribution is -0.132. The fourth-order valence-electron chi connectivity index (χ4n) is 2.22. The summed E-state index contributed by atoms with van der Waals surface area (Å²) >= 11 is 1.44. The fourth-order valence-corrected chi connectivity index (χ4v) is 3.01. The number of nitrogens with zero attached hydrogens (tertiary/aromatic N) is 2. The monoisotopic (exact) mass is 353 g/mol. The van der Waals surface area contributed by atoms with Crippen LogP contribution in [-0.4, -0.2) is 34.8 Å². The van der Waals surface area contributed by atoms with Gasteiger partial charge in [-0.25, -0.2) is 4.98 Å². The Kier molecular flexibility index (Phi) is 8.97. The molecule has 6 heteroatoms. The Hall–Kier alpha value is -1.43. The lowest BCUT2D eigenvalue weighted by atomic mass is 10.2. The van der Waals surface area contributed by atoms with Crippen molar-refractivity contribution in [2.24, 2.45) is 11.8 Å². The first-order chi connectivity index (χ1) is 11.3. The number of thiazole rings is 1. The first-order valence-electron chi connectivity index (χ1n) is 8.83. The van der Waals surface area contributed by atoms with Gasteiger partial charge in [-0.3, -0.25) is 9.59 Å². The van der Waals surface area contributed by atoms with E-state index < -0.39 is 0 Å². The zero-order valence-electron chi connectivity index (χ0n) is 15.6. The molecule has 1 aromatic rings. The van der Waals surface area contributed by atoms with Crippen molar-refractivity contribution in [1.29, 1.82) is 0 Å². The van der Waals surface area contributed by atoms with Crippen molar-refractivity contribution in [3.05, 3.63) is 16.1 Å². The van der Waals surface area contributed by atoms with Crippen molar-refractivity contribution in [3.8, 4) is 0 Å². The van der Waals surface area contributed by atoms with E-state index in [0.717, 1.165) is 24.4 Å². The standard InChI is InChI=1S/C18H31N3O2S/c1-6-7-8-17(22)21(10-14(4)5)11-16-20-15(12-24-16)18(23)19-9-13(2)3/h12-14H,6-11H2,1-5H3,(H,19,23). The van der Waals surface area contributed by atoms with Gasteiger partial charge in [-0.15, -0.1) is 11.3 Å². The molecule has 0 aliphatic carbocycles. The molecule has 0 saturated heterocycles. The summed E-state index contributed by atoms with van der Waals surface area (Å²) in [7, 11) is 0. The third kappa shape index (κ3) is 7.43. The molecule has 1 N–H and O–H groups in total. The highest BCUT2D eigenvalue weighted by Crippen LogP contribution is 2.15. The van der Waals surface area contributed by atoms with Gasteiger partial charge in [0.15, 0.2) is 0 Å². The minimum atomic E-state index is -0.140. The van der Waals surface area contributed by atoms with Gasteiger partial charge in [0.05, 0.1) is 6.54 Å². The van der Waals surface area contributed by atoms with Crippen molar-refractivity contribution in [2.45, 2.75) is 60.4 Å². The van der Waals surface area contributed by atoms with Gasteiger partial charge in [-0.2, -0.15) is 0 Å². The molecule has 2 amide bonds. The van der Waals surface area contributed by atoms with Crippen LogP contribution in [0.15, 0.2) is 5.38 Å².